The second-order valence-electron chi connectivity index (χ2n) is 25.0. The van der Waals surface area contributed by atoms with Crippen molar-refractivity contribution in [2.24, 2.45) is 4.99 Å². The average Bonchev–Trinajstić information content (AvgIpc) is 0.827. The third-order valence-corrected chi connectivity index (χ3v) is 20.9. The van der Waals surface area contributed by atoms with Crippen molar-refractivity contribution in [3.63, 3.8) is 0 Å². The van der Waals surface area contributed by atoms with Gasteiger partial charge in [0.2, 0.25) is 0 Å². The zero-order valence-electron chi connectivity index (χ0n) is 64.8. The van der Waals surface area contributed by atoms with Gasteiger partial charge in [-0.15, -0.1) is 98.0 Å². The molecule has 4 nitrogen and oxygen atoms in total. The van der Waals surface area contributed by atoms with E-state index in [0.29, 0.717) is 13.1 Å². The molecule has 0 fully saturated rings. The topological polar surface area (TPSA) is 52.6 Å². The molecule has 15 rings (SSSR count). The number of nitrogens with zero attached hydrogens (tertiary/aromatic N) is 3. The van der Waals surface area contributed by atoms with E-state index in [2.05, 4.69) is 284 Å². The predicted molar refractivity (Wildman–Crippen MR) is 486 cm³/mol. The van der Waals surface area contributed by atoms with Crippen molar-refractivity contribution in [3.05, 3.63) is 575 Å². The maximum absolute atomic E-state index is 5.15. The second kappa shape index (κ2) is 59.2. The van der Waals surface area contributed by atoms with E-state index < -0.39 is 15.8 Å². The van der Waals surface area contributed by atoms with E-state index in [1.807, 2.05) is 224 Å². The van der Waals surface area contributed by atoms with Gasteiger partial charge in [-0.2, -0.15) is 172 Å². The third-order valence-electron chi connectivity index (χ3n) is 16.0. The van der Waals surface area contributed by atoms with Crippen molar-refractivity contribution in [1.29, 1.82) is 0 Å². The standard InChI is InChI=1S/2C28H27N2P.7C7H7.2Hf/c2*1-5-13-24(14-6-1)21-22-29-28(30-23-25-15-7-2-8-16-25)31(26-17-9-3-10-18-26)27-19-11-4-12-20-27;7*1-7-5-3-2-4-6-7;;/h1-20H,21-23H2,(H,29,30);1-20,28H,21-23H2;7*2-6H,1H2;;/q;-2;7*-1;;+4. The largest absolute Gasteiger partial charge is 4.00 e. The van der Waals surface area contributed by atoms with Crippen molar-refractivity contribution in [2.45, 2.75) is 31.8 Å². The van der Waals surface area contributed by atoms with Gasteiger partial charge in [-0.25, -0.2) is 5.91 Å². The number of hydrogen-bond acceptors (Lipinski definition) is 1. The Morgan fingerprint density at radius 3 is 0.743 bits per heavy atom. The van der Waals surface area contributed by atoms with E-state index in [1.54, 1.807) is 0 Å². The fraction of sp³-hybridized carbons (Fsp3) is 0.0667. The molecule has 1 unspecified atom stereocenters. The Bertz CT molecular complexity index is 4250. The van der Waals surface area contributed by atoms with Gasteiger partial charge >= 0.3 is 25.8 Å². The van der Waals surface area contributed by atoms with E-state index >= 15 is 0 Å². The Balaban J connectivity index is 0.000000252. The van der Waals surface area contributed by atoms with Crippen LogP contribution in [0.5, 0.6) is 0 Å². The summed E-state index contributed by atoms with van der Waals surface area (Å²) in [7, 11) is -1.48. The van der Waals surface area contributed by atoms with Crippen molar-refractivity contribution in [3.8, 4) is 0 Å². The molecular weight excluding hydrogens is 1740 g/mol. The molecule has 15 aromatic rings. The molecule has 0 bridgehead atoms. The summed E-state index contributed by atoms with van der Waals surface area (Å²) < 4.78 is 0. The molecule has 8 heteroatoms. The second-order valence-corrected chi connectivity index (χ2v) is 29.4. The first kappa shape index (κ1) is 93.0. The summed E-state index contributed by atoms with van der Waals surface area (Å²) in [5.41, 5.74) is 13.7. The van der Waals surface area contributed by atoms with Gasteiger partial charge in [-0.3, -0.25) is 4.99 Å². The maximum Gasteiger partial charge on any atom is 4.00 e. The van der Waals surface area contributed by atoms with Gasteiger partial charge in [0, 0.05) is 40.3 Å². The number of hydrogen-bond donors (Lipinski definition) is 1. The Morgan fingerprint density at radius 2 is 0.487 bits per heavy atom. The number of rotatable bonds is 18. The van der Waals surface area contributed by atoms with Crippen LogP contribution < -0.4 is 26.5 Å². The van der Waals surface area contributed by atoms with Crippen LogP contribution in [0.15, 0.2) is 460 Å². The molecule has 0 aliphatic carbocycles. The van der Waals surface area contributed by atoms with Crippen molar-refractivity contribution < 1.29 is 51.7 Å². The van der Waals surface area contributed by atoms with E-state index in [0.717, 1.165) is 70.5 Å². The minimum Gasteiger partial charge on any atom is -0.673 e. The molecule has 0 saturated heterocycles. The Hall–Kier alpha value is -10.6. The minimum absolute atomic E-state index is 0. The Labute approximate surface area is 718 Å². The van der Waals surface area contributed by atoms with Gasteiger partial charge in [0.25, 0.3) is 0 Å². The quantitative estimate of drug-likeness (QED) is 0.0301. The summed E-state index contributed by atoms with van der Waals surface area (Å²) in [5, 5.41) is 19.2. The molecule has 0 heterocycles. The number of nitrogens with one attached hydrogen (secondary N) is 1. The van der Waals surface area contributed by atoms with Crippen molar-refractivity contribution in [1.82, 2.24) is 5.32 Å². The van der Waals surface area contributed by atoms with Gasteiger partial charge in [-0.05, 0) is 50.8 Å². The molecule has 0 aliphatic rings. The van der Waals surface area contributed by atoms with Crippen LogP contribution >= 0.6 is 15.8 Å². The first-order valence-corrected chi connectivity index (χ1v) is 40.0. The summed E-state index contributed by atoms with van der Waals surface area (Å²) in [6, 6.07) is 154. The molecule has 15 aromatic carbocycles. The summed E-state index contributed by atoms with van der Waals surface area (Å²) in [4.78, 5) is 5.11. The van der Waals surface area contributed by atoms with E-state index in [9.17, 15) is 0 Å². The Kier molecular flexibility index (Phi) is 48.7. The van der Waals surface area contributed by atoms with Gasteiger partial charge in [0.15, 0.2) is 0 Å². The zero-order valence-corrected chi connectivity index (χ0v) is 73.8. The van der Waals surface area contributed by atoms with Crippen molar-refractivity contribution >= 4 is 42.6 Å². The van der Waals surface area contributed by atoms with E-state index in [1.165, 1.54) is 43.5 Å². The van der Waals surface area contributed by atoms with Crippen LogP contribution in [0.4, 0.5) is 0 Å². The fourth-order valence-electron chi connectivity index (χ4n) is 10.4. The van der Waals surface area contributed by atoms with Crippen LogP contribution in [0.25, 0.3) is 10.6 Å². The molecule has 1 N–H and O–H groups in total. The van der Waals surface area contributed by atoms with Crippen LogP contribution in [0.2, 0.25) is 0 Å². The molecule has 0 aliphatic heterocycles. The fourth-order valence-corrected chi connectivity index (χ4v) is 14.9. The first-order chi connectivity index (χ1) is 54.6. The van der Waals surface area contributed by atoms with Gasteiger partial charge in [0.05, 0.1) is 6.54 Å². The van der Waals surface area contributed by atoms with E-state index in [-0.39, 0.29) is 57.6 Å². The summed E-state index contributed by atoms with van der Waals surface area (Å²) >= 11 is 0. The van der Waals surface area contributed by atoms with Crippen LogP contribution in [0.3, 0.4) is 0 Å². The number of benzene rings is 15. The molecule has 566 valence electrons. The van der Waals surface area contributed by atoms with Crippen LogP contribution in [0, 0.1) is 48.5 Å². The SMILES string of the molecule is [CH2-]c1ccccc1.[CH2-]c1ccccc1.[CH2-]c1ccccc1.[CH2-]c1ccccc1.[CH2-]c1ccccc1.[CH2-]c1ccccc1.[CH2-]c1ccccc1.[Hf+4].[Hf].c1ccc(CCNC(=NCc2ccccc2)P(c2ccccc2)c2ccccc2)cc1.c1ccc(CC[N-]C([N-]Cc2ccccc2)P(c2ccccc2)c2ccccc2)cc1. The third kappa shape index (κ3) is 41.5. The van der Waals surface area contributed by atoms with Gasteiger partial charge < -0.3 is 16.0 Å². The van der Waals surface area contributed by atoms with Gasteiger partial charge in [0.1, 0.15) is 5.58 Å². The first-order valence-electron chi connectivity index (χ1n) is 37.2. The number of aliphatic imine (C=N–C) groups is 1. The van der Waals surface area contributed by atoms with Crippen molar-refractivity contribution in [2.75, 3.05) is 13.1 Å². The Morgan fingerprint density at radius 1 is 0.265 bits per heavy atom. The molecule has 0 spiro atoms. The monoisotopic (exact) mass is 1840 g/mol. The molecule has 0 saturated carbocycles. The van der Waals surface area contributed by atoms with Crippen LogP contribution in [0.1, 0.15) is 61.2 Å². The minimum atomic E-state index is -0.752. The number of amidine groups is 1. The molecule has 0 aromatic heterocycles. The molecule has 0 amide bonds. The maximum atomic E-state index is 5.15. The molecule has 1 atom stereocenters. The van der Waals surface area contributed by atoms with Gasteiger partial charge in [-0.1, -0.05) is 299 Å². The zero-order chi connectivity index (χ0) is 78.1. The van der Waals surface area contributed by atoms with E-state index in [4.69, 9.17) is 15.6 Å². The predicted octanol–water partition coefficient (Wildman–Crippen LogP) is 25.2. The molecule has 113 heavy (non-hydrogen) atoms. The van der Waals surface area contributed by atoms with Crippen LogP contribution in [-0.4, -0.2) is 24.6 Å². The summed E-state index contributed by atoms with van der Waals surface area (Å²) in [5.74, 6) is -0.0799. The average molecular weight is 1840 g/mol. The normalized spacial score (nSPS) is 10.2. The smallest absolute Gasteiger partial charge is 0.673 e. The molecule has 0 radical (unpaired) electrons. The molecular formula is C105H103Hf2N4P2-5. The summed E-state index contributed by atoms with van der Waals surface area (Å²) in [6.07, 6.45) is 1.91. The van der Waals surface area contributed by atoms with Crippen LogP contribution in [-0.2, 0) is 77.6 Å². The summed E-state index contributed by atoms with van der Waals surface area (Å²) in [6.45, 7) is 29.0.